The molecule has 1 fully saturated rings. The molecule has 0 saturated carbocycles. The van der Waals surface area contributed by atoms with Crippen LogP contribution in [0.15, 0.2) is 47.1 Å². The maximum Gasteiger partial charge on any atom is 0.416 e. The highest BCUT2D eigenvalue weighted by Crippen LogP contribution is 2.30. The van der Waals surface area contributed by atoms with Gasteiger partial charge in [0.2, 0.25) is 0 Å². The Hall–Kier alpha value is -2.48. The molecule has 1 aromatic heterocycles. The summed E-state index contributed by atoms with van der Waals surface area (Å²) in [7, 11) is 0. The van der Waals surface area contributed by atoms with E-state index >= 15 is 0 Å². The quantitative estimate of drug-likeness (QED) is 0.793. The number of nitrogens with one attached hydrogen (secondary N) is 2. The molecule has 2 N–H and O–H groups in total. The predicted octanol–water partition coefficient (Wildman–Crippen LogP) is 4.65. The van der Waals surface area contributed by atoms with Crippen LogP contribution in [0, 0.1) is 0 Å². The van der Waals surface area contributed by atoms with Gasteiger partial charge in [0.05, 0.1) is 17.9 Å². The van der Waals surface area contributed by atoms with Crippen molar-refractivity contribution in [2.45, 2.75) is 31.5 Å². The lowest BCUT2D eigenvalue weighted by Gasteiger charge is -2.33. The zero-order chi connectivity index (χ0) is 19.3. The van der Waals surface area contributed by atoms with Crippen molar-refractivity contribution >= 4 is 11.7 Å². The van der Waals surface area contributed by atoms with Gasteiger partial charge in [-0.25, -0.2) is 4.79 Å². The molecule has 1 aliphatic rings. The van der Waals surface area contributed by atoms with E-state index in [1.54, 1.807) is 6.26 Å². The number of hydrogen-bond acceptors (Lipinski definition) is 3. The van der Waals surface area contributed by atoms with Crippen molar-refractivity contribution in [3.8, 4) is 0 Å². The van der Waals surface area contributed by atoms with Crippen LogP contribution in [0.5, 0.6) is 0 Å². The van der Waals surface area contributed by atoms with E-state index < -0.39 is 17.8 Å². The first-order chi connectivity index (χ1) is 12.9. The van der Waals surface area contributed by atoms with Crippen molar-refractivity contribution in [3.05, 3.63) is 54.0 Å². The Bertz CT molecular complexity index is 724. The van der Waals surface area contributed by atoms with E-state index in [4.69, 9.17) is 4.42 Å². The minimum Gasteiger partial charge on any atom is -0.468 e. The summed E-state index contributed by atoms with van der Waals surface area (Å²) in [5.74, 6) is 0.784. The number of amides is 2. The van der Waals surface area contributed by atoms with Gasteiger partial charge in [-0.15, -0.1) is 0 Å². The topological polar surface area (TPSA) is 57.5 Å². The fourth-order valence-corrected chi connectivity index (χ4v) is 3.23. The third kappa shape index (κ3) is 5.26. The zero-order valence-corrected chi connectivity index (χ0v) is 14.8. The van der Waals surface area contributed by atoms with Gasteiger partial charge in [-0.05, 0) is 62.3 Å². The average Bonchev–Trinajstić information content (AvgIpc) is 3.17. The smallest absolute Gasteiger partial charge is 0.416 e. The third-order valence-electron chi connectivity index (χ3n) is 4.63. The van der Waals surface area contributed by atoms with Crippen LogP contribution in [0.3, 0.4) is 0 Å². The van der Waals surface area contributed by atoms with Crippen molar-refractivity contribution in [3.63, 3.8) is 0 Å². The van der Waals surface area contributed by atoms with Crippen molar-refractivity contribution in [2.24, 2.45) is 0 Å². The first-order valence-electron chi connectivity index (χ1n) is 8.93. The van der Waals surface area contributed by atoms with Crippen LogP contribution in [0.4, 0.5) is 23.7 Å². The summed E-state index contributed by atoms with van der Waals surface area (Å²) in [6, 6.07) is 7.50. The van der Waals surface area contributed by atoms with Crippen LogP contribution in [0.25, 0.3) is 0 Å². The molecule has 2 heterocycles. The van der Waals surface area contributed by atoms with E-state index in [1.165, 1.54) is 18.6 Å². The van der Waals surface area contributed by atoms with E-state index in [0.717, 1.165) is 43.8 Å². The lowest BCUT2D eigenvalue weighted by atomic mass is 10.1. The molecule has 2 amide bonds. The number of piperidine rings is 1. The molecule has 3 rings (SSSR count). The number of halogens is 3. The second-order valence-electron chi connectivity index (χ2n) is 6.54. The zero-order valence-electron chi connectivity index (χ0n) is 14.8. The number of carbonyl (C=O) groups is 1. The summed E-state index contributed by atoms with van der Waals surface area (Å²) in [5, 5.41) is 5.35. The van der Waals surface area contributed by atoms with Gasteiger partial charge < -0.3 is 15.1 Å². The molecule has 1 aliphatic heterocycles. The van der Waals surface area contributed by atoms with E-state index in [-0.39, 0.29) is 6.04 Å². The molecule has 0 aliphatic carbocycles. The van der Waals surface area contributed by atoms with Crippen LogP contribution in [-0.4, -0.2) is 30.6 Å². The number of rotatable bonds is 5. The van der Waals surface area contributed by atoms with E-state index in [9.17, 15) is 18.0 Å². The van der Waals surface area contributed by atoms with Gasteiger partial charge in [-0.2, -0.15) is 13.2 Å². The van der Waals surface area contributed by atoms with Gasteiger partial charge in [0.1, 0.15) is 5.76 Å². The second kappa shape index (κ2) is 8.47. The summed E-state index contributed by atoms with van der Waals surface area (Å²) in [4.78, 5) is 14.4. The lowest BCUT2D eigenvalue weighted by molar-refractivity contribution is -0.137. The van der Waals surface area contributed by atoms with Crippen molar-refractivity contribution < 1.29 is 22.4 Å². The van der Waals surface area contributed by atoms with Crippen molar-refractivity contribution in [1.29, 1.82) is 0 Å². The number of benzene rings is 1. The molecule has 2 aromatic rings. The SMILES string of the molecule is O=C(NCC(c1ccco1)N1CCCCC1)Nc1ccc(C(F)(F)F)cc1. The largest absolute Gasteiger partial charge is 0.468 e. The number of nitrogens with zero attached hydrogens (tertiary/aromatic N) is 1. The molecule has 1 atom stereocenters. The first-order valence-corrected chi connectivity index (χ1v) is 8.93. The second-order valence-corrected chi connectivity index (χ2v) is 6.54. The highest BCUT2D eigenvalue weighted by Gasteiger charge is 2.30. The molecule has 146 valence electrons. The van der Waals surface area contributed by atoms with Crippen molar-refractivity contribution in [1.82, 2.24) is 10.2 Å². The van der Waals surface area contributed by atoms with E-state index in [0.29, 0.717) is 12.2 Å². The Morgan fingerprint density at radius 2 is 1.81 bits per heavy atom. The highest BCUT2D eigenvalue weighted by molar-refractivity contribution is 5.89. The fourth-order valence-electron chi connectivity index (χ4n) is 3.23. The fraction of sp³-hybridized carbons (Fsp3) is 0.421. The molecule has 5 nitrogen and oxygen atoms in total. The van der Waals surface area contributed by atoms with Gasteiger partial charge in [0.15, 0.2) is 0 Å². The molecule has 8 heteroatoms. The summed E-state index contributed by atoms with van der Waals surface area (Å²) in [5.41, 5.74) is -0.454. The van der Waals surface area contributed by atoms with Crippen LogP contribution in [-0.2, 0) is 6.18 Å². The van der Waals surface area contributed by atoms with Gasteiger partial charge in [-0.3, -0.25) is 4.90 Å². The first kappa shape index (κ1) is 19.3. The molecule has 0 spiro atoms. The Morgan fingerprint density at radius 3 is 2.41 bits per heavy atom. The summed E-state index contributed by atoms with van der Waals surface area (Å²) < 4.78 is 43.3. The average molecular weight is 381 g/mol. The third-order valence-corrected chi connectivity index (χ3v) is 4.63. The Balaban J connectivity index is 1.57. The molecule has 0 radical (unpaired) electrons. The number of carbonyl (C=O) groups excluding carboxylic acids is 1. The minimum absolute atomic E-state index is 0.0707. The number of hydrogen-bond donors (Lipinski definition) is 2. The Morgan fingerprint density at radius 1 is 1.11 bits per heavy atom. The lowest BCUT2D eigenvalue weighted by Crippen LogP contribution is -2.41. The van der Waals surface area contributed by atoms with Crippen LogP contribution >= 0.6 is 0 Å². The van der Waals surface area contributed by atoms with Crippen LogP contribution < -0.4 is 10.6 Å². The summed E-state index contributed by atoms with van der Waals surface area (Å²) in [6.07, 6.45) is 0.618. The Kier molecular flexibility index (Phi) is 6.05. The maximum atomic E-state index is 12.6. The molecule has 0 bridgehead atoms. The number of furan rings is 1. The Labute approximate surface area is 155 Å². The maximum absolute atomic E-state index is 12.6. The number of anilines is 1. The minimum atomic E-state index is -4.40. The molecular formula is C19H22F3N3O2. The van der Waals surface area contributed by atoms with Gasteiger partial charge in [-0.1, -0.05) is 6.42 Å². The standard InChI is InChI=1S/C19H22F3N3O2/c20-19(21,22)14-6-8-15(9-7-14)24-18(26)23-13-16(17-5-4-12-27-17)25-10-2-1-3-11-25/h4-9,12,16H,1-3,10-11,13H2,(H2,23,24,26). The van der Waals surface area contributed by atoms with E-state index in [1.807, 2.05) is 12.1 Å². The normalized spacial score (nSPS) is 16.7. The van der Waals surface area contributed by atoms with Gasteiger partial charge >= 0.3 is 12.2 Å². The number of likely N-dealkylation sites (tertiary alicyclic amines) is 1. The predicted molar refractivity (Wildman–Crippen MR) is 95.3 cm³/mol. The van der Waals surface area contributed by atoms with Crippen LogP contribution in [0.2, 0.25) is 0 Å². The van der Waals surface area contributed by atoms with Gasteiger partial charge in [0.25, 0.3) is 0 Å². The van der Waals surface area contributed by atoms with Gasteiger partial charge in [0, 0.05) is 12.2 Å². The van der Waals surface area contributed by atoms with Crippen LogP contribution in [0.1, 0.15) is 36.6 Å². The highest BCUT2D eigenvalue weighted by atomic mass is 19.4. The van der Waals surface area contributed by atoms with Crippen molar-refractivity contribution in [2.75, 3.05) is 25.0 Å². The molecule has 27 heavy (non-hydrogen) atoms. The monoisotopic (exact) mass is 381 g/mol. The molecule has 1 saturated heterocycles. The van der Waals surface area contributed by atoms with E-state index in [2.05, 4.69) is 15.5 Å². The number of urea groups is 1. The number of alkyl halides is 3. The summed E-state index contributed by atoms with van der Waals surface area (Å²) in [6.45, 7) is 2.22. The summed E-state index contributed by atoms with van der Waals surface area (Å²) >= 11 is 0. The molecular weight excluding hydrogens is 359 g/mol. The molecule has 1 unspecified atom stereocenters. The molecule has 1 aromatic carbocycles.